The Bertz CT molecular complexity index is 375. The van der Waals surface area contributed by atoms with Crippen molar-refractivity contribution in [3.63, 3.8) is 0 Å². The van der Waals surface area contributed by atoms with Gasteiger partial charge in [0.25, 0.3) is 0 Å². The van der Waals surface area contributed by atoms with Crippen molar-refractivity contribution in [3.05, 3.63) is 35.4 Å². The fourth-order valence-electron chi connectivity index (χ4n) is 1.59. The minimum Gasteiger partial charge on any atom is -0.297 e. The summed E-state index contributed by atoms with van der Waals surface area (Å²) in [6, 6.07) is 3.22. The summed E-state index contributed by atoms with van der Waals surface area (Å²) in [6.45, 7) is 3.61. The van der Waals surface area contributed by atoms with Crippen LogP contribution in [0.5, 0.6) is 0 Å². The molecule has 0 saturated carbocycles. The highest BCUT2D eigenvalue weighted by molar-refractivity contribution is 5.23. The lowest BCUT2D eigenvalue weighted by molar-refractivity contribution is 0.461. The Labute approximate surface area is 94.9 Å². The van der Waals surface area contributed by atoms with Gasteiger partial charge in [-0.15, -0.1) is 6.42 Å². The second-order valence-electron chi connectivity index (χ2n) is 3.65. The Kier molecular flexibility index (Phi) is 4.45. The van der Waals surface area contributed by atoms with Crippen molar-refractivity contribution in [2.45, 2.75) is 32.4 Å². The topological polar surface area (TPSA) is 12.0 Å². The van der Waals surface area contributed by atoms with E-state index in [0.717, 1.165) is 6.42 Å². The van der Waals surface area contributed by atoms with Crippen LogP contribution in [0, 0.1) is 24.0 Å². The average Bonchev–Trinajstić information content (AvgIpc) is 2.25. The molecule has 1 aromatic carbocycles. The van der Waals surface area contributed by atoms with Crippen LogP contribution in [0.15, 0.2) is 18.2 Å². The third kappa shape index (κ3) is 2.80. The van der Waals surface area contributed by atoms with Crippen molar-refractivity contribution in [1.29, 1.82) is 0 Å². The van der Waals surface area contributed by atoms with Gasteiger partial charge >= 0.3 is 0 Å². The van der Waals surface area contributed by atoms with Crippen LogP contribution in [0.2, 0.25) is 0 Å². The molecule has 0 amide bonds. The second-order valence-corrected chi connectivity index (χ2v) is 3.65. The Morgan fingerprint density at radius 2 is 1.94 bits per heavy atom. The normalized spacial score (nSPS) is 14.2. The predicted molar refractivity (Wildman–Crippen MR) is 60.8 cm³/mol. The van der Waals surface area contributed by atoms with E-state index in [0.29, 0.717) is 0 Å². The van der Waals surface area contributed by atoms with Crippen LogP contribution in [0.1, 0.15) is 31.9 Å². The molecule has 0 fully saturated rings. The number of nitrogens with one attached hydrogen (secondary N) is 1. The summed E-state index contributed by atoms with van der Waals surface area (Å²) >= 11 is 0. The Morgan fingerprint density at radius 3 is 2.38 bits per heavy atom. The van der Waals surface area contributed by atoms with Crippen molar-refractivity contribution in [2.75, 3.05) is 0 Å². The minimum atomic E-state index is -0.549. The van der Waals surface area contributed by atoms with Crippen LogP contribution < -0.4 is 5.32 Å². The van der Waals surface area contributed by atoms with E-state index in [1.54, 1.807) is 6.92 Å². The molecule has 0 aliphatic heterocycles. The van der Waals surface area contributed by atoms with E-state index in [1.807, 2.05) is 6.92 Å². The van der Waals surface area contributed by atoms with Gasteiger partial charge in [0, 0.05) is 11.6 Å². The standard InChI is InChI=1S/C13H15F2N/c1-4-10(5-2)16-9(3)13-11(14)7-6-8-12(13)15/h1,6-10,16H,5H2,2-3H3. The molecule has 1 aromatic rings. The fraction of sp³-hybridized carbons (Fsp3) is 0.385. The van der Waals surface area contributed by atoms with E-state index in [-0.39, 0.29) is 11.6 Å². The minimum absolute atomic E-state index is 0.0381. The Hall–Kier alpha value is -1.40. The predicted octanol–water partition coefficient (Wildman–Crippen LogP) is 3.03. The number of rotatable bonds is 4. The molecule has 1 nitrogen and oxygen atoms in total. The maximum atomic E-state index is 13.4. The molecule has 0 aliphatic rings. The first-order valence-corrected chi connectivity index (χ1v) is 5.26. The first kappa shape index (κ1) is 12.7. The summed E-state index contributed by atoms with van der Waals surface area (Å²) in [4.78, 5) is 0. The second kappa shape index (κ2) is 5.62. The van der Waals surface area contributed by atoms with E-state index in [1.165, 1.54) is 18.2 Å². The Morgan fingerprint density at radius 1 is 1.38 bits per heavy atom. The SMILES string of the molecule is C#CC(CC)NC(C)c1c(F)cccc1F. The van der Waals surface area contributed by atoms with Crippen molar-refractivity contribution in [1.82, 2.24) is 5.32 Å². The summed E-state index contributed by atoms with van der Waals surface area (Å²) in [7, 11) is 0. The van der Waals surface area contributed by atoms with Gasteiger partial charge < -0.3 is 0 Å². The molecule has 0 saturated heterocycles. The van der Waals surface area contributed by atoms with Gasteiger partial charge in [-0.1, -0.05) is 18.9 Å². The van der Waals surface area contributed by atoms with E-state index < -0.39 is 17.7 Å². The van der Waals surface area contributed by atoms with Crippen LogP contribution in [-0.4, -0.2) is 6.04 Å². The molecular formula is C13H15F2N. The molecule has 1 rings (SSSR count). The molecule has 16 heavy (non-hydrogen) atoms. The van der Waals surface area contributed by atoms with Crippen LogP contribution in [0.3, 0.4) is 0 Å². The van der Waals surface area contributed by atoms with Crippen LogP contribution in [0.4, 0.5) is 8.78 Å². The third-order valence-corrected chi connectivity index (χ3v) is 2.49. The quantitative estimate of drug-likeness (QED) is 0.774. The Balaban J connectivity index is 2.89. The molecule has 0 bridgehead atoms. The summed E-state index contributed by atoms with van der Waals surface area (Å²) < 4.78 is 26.9. The summed E-state index contributed by atoms with van der Waals surface area (Å²) in [5, 5.41) is 3.00. The summed E-state index contributed by atoms with van der Waals surface area (Å²) in [5.41, 5.74) is 0.0381. The van der Waals surface area contributed by atoms with Crippen molar-refractivity contribution >= 4 is 0 Å². The molecule has 86 valence electrons. The van der Waals surface area contributed by atoms with E-state index in [4.69, 9.17) is 6.42 Å². The summed E-state index contributed by atoms with van der Waals surface area (Å²) in [5.74, 6) is 1.44. The van der Waals surface area contributed by atoms with Gasteiger partial charge in [-0.05, 0) is 25.5 Å². The zero-order chi connectivity index (χ0) is 12.1. The van der Waals surface area contributed by atoms with Crippen LogP contribution >= 0.6 is 0 Å². The number of hydrogen-bond acceptors (Lipinski definition) is 1. The lowest BCUT2D eigenvalue weighted by Crippen LogP contribution is -2.30. The molecule has 0 heterocycles. The molecule has 0 radical (unpaired) electrons. The molecule has 3 heteroatoms. The molecule has 0 aromatic heterocycles. The van der Waals surface area contributed by atoms with Crippen molar-refractivity contribution in [3.8, 4) is 12.3 Å². The highest BCUT2D eigenvalue weighted by Crippen LogP contribution is 2.20. The smallest absolute Gasteiger partial charge is 0.130 e. The van der Waals surface area contributed by atoms with E-state index in [9.17, 15) is 8.78 Å². The van der Waals surface area contributed by atoms with Gasteiger partial charge in [-0.25, -0.2) is 8.78 Å². The maximum absolute atomic E-state index is 13.4. The van der Waals surface area contributed by atoms with Gasteiger partial charge in [-0.2, -0.15) is 0 Å². The van der Waals surface area contributed by atoms with Gasteiger partial charge in [0.2, 0.25) is 0 Å². The molecule has 0 spiro atoms. The lowest BCUT2D eigenvalue weighted by Gasteiger charge is -2.19. The highest BCUT2D eigenvalue weighted by atomic mass is 19.1. The summed E-state index contributed by atoms with van der Waals surface area (Å²) in [6.07, 6.45) is 6.00. The largest absolute Gasteiger partial charge is 0.297 e. The first-order valence-electron chi connectivity index (χ1n) is 5.26. The van der Waals surface area contributed by atoms with Crippen LogP contribution in [0.25, 0.3) is 0 Å². The first-order chi connectivity index (χ1) is 7.60. The van der Waals surface area contributed by atoms with Gasteiger partial charge in [0.1, 0.15) is 11.6 Å². The van der Waals surface area contributed by atoms with Gasteiger partial charge in [0.15, 0.2) is 0 Å². The molecule has 0 aliphatic carbocycles. The number of hydrogen-bond donors (Lipinski definition) is 1. The molecule has 2 atom stereocenters. The molecular weight excluding hydrogens is 208 g/mol. The van der Waals surface area contributed by atoms with Crippen molar-refractivity contribution < 1.29 is 8.78 Å². The molecule has 2 unspecified atom stereocenters. The maximum Gasteiger partial charge on any atom is 0.130 e. The van der Waals surface area contributed by atoms with E-state index in [2.05, 4.69) is 11.2 Å². The van der Waals surface area contributed by atoms with Crippen molar-refractivity contribution in [2.24, 2.45) is 0 Å². The third-order valence-electron chi connectivity index (χ3n) is 2.49. The van der Waals surface area contributed by atoms with Gasteiger partial charge in [-0.3, -0.25) is 5.32 Å². The average molecular weight is 223 g/mol. The van der Waals surface area contributed by atoms with Crippen LogP contribution in [-0.2, 0) is 0 Å². The van der Waals surface area contributed by atoms with Gasteiger partial charge in [0.05, 0.1) is 6.04 Å². The molecule has 1 N–H and O–H groups in total. The number of terminal acetylenes is 1. The zero-order valence-corrected chi connectivity index (χ0v) is 9.43. The fourth-order valence-corrected chi connectivity index (χ4v) is 1.59. The number of benzene rings is 1. The lowest BCUT2D eigenvalue weighted by atomic mass is 10.1. The zero-order valence-electron chi connectivity index (χ0n) is 9.43. The highest BCUT2D eigenvalue weighted by Gasteiger charge is 2.17. The monoisotopic (exact) mass is 223 g/mol. The van der Waals surface area contributed by atoms with E-state index >= 15 is 0 Å². The number of halogens is 2.